The molecule has 1 aromatic carbocycles. The first-order chi connectivity index (χ1) is 9.91. The molecular formula is C15H22N2O4. The number of hydrogen-bond acceptors (Lipinski definition) is 3. The van der Waals surface area contributed by atoms with E-state index in [-0.39, 0.29) is 6.54 Å². The number of carbonyl (C=O) groups is 2. The maximum Gasteiger partial charge on any atom is 0.319 e. The molecule has 21 heavy (non-hydrogen) atoms. The Hall–Kier alpha value is -2.24. The molecule has 0 fully saturated rings. The number of carboxylic acid groups (broad SMARTS) is 1. The molecule has 0 aromatic heterocycles. The minimum Gasteiger partial charge on any atom is -0.494 e. The molecule has 0 saturated carbocycles. The highest BCUT2D eigenvalue weighted by molar-refractivity contribution is 5.89. The molecule has 0 aliphatic carbocycles. The molecule has 1 aromatic rings. The van der Waals surface area contributed by atoms with Gasteiger partial charge in [-0.05, 0) is 44.5 Å². The first kappa shape index (κ1) is 16.8. The summed E-state index contributed by atoms with van der Waals surface area (Å²) >= 11 is 0. The van der Waals surface area contributed by atoms with Crippen molar-refractivity contribution in [2.24, 2.45) is 5.41 Å². The van der Waals surface area contributed by atoms with Crippen LogP contribution < -0.4 is 15.4 Å². The van der Waals surface area contributed by atoms with E-state index in [1.54, 1.807) is 38.1 Å². The fourth-order valence-electron chi connectivity index (χ4n) is 1.60. The van der Waals surface area contributed by atoms with Crippen molar-refractivity contribution in [3.8, 4) is 5.75 Å². The van der Waals surface area contributed by atoms with Crippen molar-refractivity contribution in [2.45, 2.75) is 27.2 Å². The maximum absolute atomic E-state index is 11.8. The molecule has 1 unspecified atom stereocenters. The summed E-state index contributed by atoms with van der Waals surface area (Å²) in [5.74, 6) is -0.195. The van der Waals surface area contributed by atoms with Crippen molar-refractivity contribution in [1.29, 1.82) is 0 Å². The summed E-state index contributed by atoms with van der Waals surface area (Å²) in [6.07, 6.45) is 0.436. The zero-order chi connectivity index (χ0) is 15.9. The van der Waals surface area contributed by atoms with Crippen LogP contribution >= 0.6 is 0 Å². The van der Waals surface area contributed by atoms with E-state index in [4.69, 9.17) is 9.84 Å². The fraction of sp³-hybridized carbons (Fsp3) is 0.467. The van der Waals surface area contributed by atoms with Crippen molar-refractivity contribution < 1.29 is 19.4 Å². The molecule has 0 bridgehead atoms. The molecule has 1 atom stereocenters. The maximum atomic E-state index is 11.8. The standard InChI is InChI=1S/C15H22N2O4/c1-4-15(3,13(18)19)10-16-14(20)17-11-6-8-12(9-7-11)21-5-2/h6-9H,4-5,10H2,1-3H3,(H,18,19)(H2,16,17,20). The van der Waals surface area contributed by atoms with Crippen molar-refractivity contribution in [3.05, 3.63) is 24.3 Å². The Labute approximate surface area is 124 Å². The third-order valence-electron chi connectivity index (χ3n) is 3.36. The molecule has 1 rings (SSSR count). The van der Waals surface area contributed by atoms with Crippen LogP contribution in [0.5, 0.6) is 5.75 Å². The summed E-state index contributed by atoms with van der Waals surface area (Å²) in [6, 6.07) is 6.53. The number of aliphatic carboxylic acids is 1. The highest BCUT2D eigenvalue weighted by atomic mass is 16.5. The fourth-order valence-corrected chi connectivity index (χ4v) is 1.60. The number of ether oxygens (including phenoxy) is 1. The van der Waals surface area contributed by atoms with Gasteiger partial charge in [-0.3, -0.25) is 4.79 Å². The molecule has 116 valence electrons. The molecule has 0 spiro atoms. The van der Waals surface area contributed by atoms with Crippen LogP contribution in [0, 0.1) is 5.41 Å². The number of anilines is 1. The highest BCUT2D eigenvalue weighted by Crippen LogP contribution is 2.20. The Balaban J connectivity index is 2.52. The first-order valence-electron chi connectivity index (χ1n) is 6.92. The number of carbonyl (C=O) groups excluding carboxylic acids is 1. The molecule has 0 radical (unpaired) electrons. The van der Waals surface area contributed by atoms with Crippen LogP contribution in [0.3, 0.4) is 0 Å². The summed E-state index contributed by atoms with van der Waals surface area (Å²) < 4.78 is 5.31. The molecular weight excluding hydrogens is 272 g/mol. The number of benzene rings is 1. The number of carboxylic acids is 1. The minimum absolute atomic E-state index is 0.0711. The molecule has 0 heterocycles. The van der Waals surface area contributed by atoms with Crippen LogP contribution in [0.2, 0.25) is 0 Å². The average Bonchev–Trinajstić information content (AvgIpc) is 2.47. The van der Waals surface area contributed by atoms with Crippen LogP contribution in [0.25, 0.3) is 0 Å². The van der Waals surface area contributed by atoms with Gasteiger partial charge in [-0.25, -0.2) is 4.79 Å². The second-order valence-electron chi connectivity index (χ2n) is 4.98. The number of nitrogens with one attached hydrogen (secondary N) is 2. The monoisotopic (exact) mass is 294 g/mol. The minimum atomic E-state index is -0.962. The van der Waals surface area contributed by atoms with E-state index < -0.39 is 17.4 Å². The lowest BCUT2D eigenvalue weighted by atomic mass is 9.88. The van der Waals surface area contributed by atoms with Gasteiger partial charge in [-0.2, -0.15) is 0 Å². The lowest BCUT2D eigenvalue weighted by Gasteiger charge is -2.23. The van der Waals surface area contributed by atoms with E-state index in [2.05, 4.69) is 10.6 Å². The zero-order valence-corrected chi connectivity index (χ0v) is 12.6. The van der Waals surface area contributed by atoms with Crippen molar-refractivity contribution in [3.63, 3.8) is 0 Å². The van der Waals surface area contributed by atoms with Crippen molar-refractivity contribution >= 4 is 17.7 Å². The summed E-state index contributed by atoms with van der Waals surface area (Å²) in [4.78, 5) is 22.9. The lowest BCUT2D eigenvalue weighted by molar-refractivity contribution is -0.147. The van der Waals surface area contributed by atoms with Gasteiger partial charge in [0.2, 0.25) is 0 Å². The van der Waals surface area contributed by atoms with Gasteiger partial charge in [0.25, 0.3) is 0 Å². The van der Waals surface area contributed by atoms with Gasteiger partial charge in [0.1, 0.15) is 5.75 Å². The van der Waals surface area contributed by atoms with Crippen LogP contribution in [0.15, 0.2) is 24.3 Å². The first-order valence-corrected chi connectivity index (χ1v) is 6.92. The smallest absolute Gasteiger partial charge is 0.319 e. The summed E-state index contributed by atoms with van der Waals surface area (Å²) in [6.45, 7) is 5.93. The van der Waals surface area contributed by atoms with Gasteiger partial charge in [0.05, 0.1) is 12.0 Å². The molecule has 2 amide bonds. The van der Waals surface area contributed by atoms with Gasteiger partial charge in [-0.15, -0.1) is 0 Å². The quantitative estimate of drug-likeness (QED) is 0.721. The van der Waals surface area contributed by atoms with Crippen LogP contribution in [0.4, 0.5) is 10.5 Å². The molecule has 3 N–H and O–H groups in total. The molecule has 6 nitrogen and oxygen atoms in total. The SMILES string of the molecule is CCOc1ccc(NC(=O)NCC(C)(CC)C(=O)O)cc1. The largest absolute Gasteiger partial charge is 0.494 e. The number of amides is 2. The van der Waals surface area contributed by atoms with E-state index in [0.29, 0.717) is 18.7 Å². The third kappa shape index (κ3) is 4.98. The lowest BCUT2D eigenvalue weighted by Crippen LogP contribution is -2.42. The zero-order valence-electron chi connectivity index (χ0n) is 12.6. The Morgan fingerprint density at radius 3 is 2.33 bits per heavy atom. The average molecular weight is 294 g/mol. The Morgan fingerprint density at radius 1 is 1.24 bits per heavy atom. The Bertz CT molecular complexity index is 487. The molecule has 0 aliphatic heterocycles. The van der Waals surface area contributed by atoms with E-state index >= 15 is 0 Å². The van der Waals surface area contributed by atoms with E-state index in [0.717, 1.165) is 5.75 Å². The number of rotatable bonds is 7. The van der Waals surface area contributed by atoms with Gasteiger partial charge in [0.15, 0.2) is 0 Å². The second kappa shape index (κ2) is 7.52. The van der Waals surface area contributed by atoms with Crippen LogP contribution in [-0.2, 0) is 4.79 Å². The Kier molecular flexibility index (Phi) is 6.02. The van der Waals surface area contributed by atoms with E-state index in [1.165, 1.54) is 0 Å². The highest BCUT2D eigenvalue weighted by Gasteiger charge is 2.31. The van der Waals surface area contributed by atoms with E-state index in [1.807, 2.05) is 6.92 Å². The Morgan fingerprint density at radius 2 is 1.86 bits per heavy atom. The van der Waals surface area contributed by atoms with Crippen molar-refractivity contribution in [1.82, 2.24) is 5.32 Å². The molecule has 6 heteroatoms. The summed E-state index contributed by atoms with van der Waals surface area (Å²) in [5, 5.41) is 14.4. The van der Waals surface area contributed by atoms with Crippen molar-refractivity contribution in [2.75, 3.05) is 18.5 Å². The summed E-state index contributed by atoms with van der Waals surface area (Å²) in [5.41, 5.74) is -0.347. The molecule has 0 saturated heterocycles. The normalized spacial score (nSPS) is 13.1. The second-order valence-corrected chi connectivity index (χ2v) is 4.98. The van der Waals surface area contributed by atoms with Gasteiger partial charge in [0, 0.05) is 12.2 Å². The van der Waals surface area contributed by atoms with Gasteiger partial charge >= 0.3 is 12.0 Å². The predicted molar refractivity (Wildman–Crippen MR) is 80.7 cm³/mol. The number of urea groups is 1. The van der Waals surface area contributed by atoms with Gasteiger partial charge < -0.3 is 20.5 Å². The van der Waals surface area contributed by atoms with Gasteiger partial charge in [-0.1, -0.05) is 6.92 Å². The third-order valence-corrected chi connectivity index (χ3v) is 3.36. The molecule has 0 aliphatic rings. The topological polar surface area (TPSA) is 87.7 Å². The van der Waals surface area contributed by atoms with Crippen LogP contribution in [-0.4, -0.2) is 30.3 Å². The predicted octanol–water partition coefficient (Wildman–Crippen LogP) is 2.71. The van der Waals surface area contributed by atoms with E-state index in [9.17, 15) is 9.59 Å². The number of hydrogen-bond donors (Lipinski definition) is 3. The van der Waals surface area contributed by atoms with Crippen LogP contribution in [0.1, 0.15) is 27.2 Å². The summed E-state index contributed by atoms with van der Waals surface area (Å²) in [7, 11) is 0.